The molecule has 7 heteroatoms. The third-order valence-corrected chi connectivity index (χ3v) is 3.27. The van der Waals surface area contributed by atoms with E-state index in [9.17, 15) is 4.79 Å². The molecule has 0 aliphatic heterocycles. The van der Waals surface area contributed by atoms with E-state index in [1.807, 2.05) is 13.1 Å². The van der Waals surface area contributed by atoms with Gasteiger partial charge in [-0.25, -0.2) is 9.97 Å². The normalized spacial score (nSPS) is 10.6. The van der Waals surface area contributed by atoms with Crippen LogP contribution >= 0.6 is 11.6 Å². The van der Waals surface area contributed by atoms with Crippen LogP contribution in [0.3, 0.4) is 0 Å². The molecule has 0 saturated carbocycles. The molecule has 0 aliphatic rings. The fourth-order valence-corrected chi connectivity index (χ4v) is 2.16. The molecule has 0 unspecified atom stereocenters. The van der Waals surface area contributed by atoms with Crippen LogP contribution in [-0.4, -0.2) is 33.0 Å². The lowest BCUT2D eigenvalue weighted by molar-refractivity contribution is 0.112. The standard InChI is InChI=1S/C13H16ClN5O/c1-8-10(6-16-19-8)4-3-5-15-13-11(7-20)12(14)17-9(2)18-13/h6-7H,3-5H2,1-2H3,(H,16,19)(H,15,17,18). The summed E-state index contributed by atoms with van der Waals surface area (Å²) in [6.45, 7) is 4.42. The van der Waals surface area contributed by atoms with Crippen molar-refractivity contribution in [2.45, 2.75) is 26.7 Å². The number of carbonyl (C=O) groups excluding carboxylic acids is 1. The van der Waals surface area contributed by atoms with Gasteiger partial charge in [-0.3, -0.25) is 9.89 Å². The number of nitrogens with one attached hydrogen (secondary N) is 2. The van der Waals surface area contributed by atoms with Gasteiger partial charge in [-0.05, 0) is 32.3 Å². The van der Waals surface area contributed by atoms with Crippen molar-refractivity contribution in [3.05, 3.63) is 34.0 Å². The zero-order chi connectivity index (χ0) is 14.5. The number of aromatic amines is 1. The molecule has 20 heavy (non-hydrogen) atoms. The van der Waals surface area contributed by atoms with Crippen molar-refractivity contribution in [1.29, 1.82) is 0 Å². The Kier molecular flexibility index (Phi) is 4.68. The van der Waals surface area contributed by atoms with Crippen LogP contribution in [0, 0.1) is 13.8 Å². The maximum Gasteiger partial charge on any atom is 0.156 e. The quantitative estimate of drug-likeness (QED) is 0.485. The molecular formula is C13H16ClN5O. The first-order valence-electron chi connectivity index (χ1n) is 6.34. The topological polar surface area (TPSA) is 83.6 Å². The van der Waals surface area contributed by atoms with E-state index in [0.717, 1.165) is 18.5 Å². The van der Waals surface area contributed by atoms with Crippen LogP contribution in [0.15, 0.2) is 6.20 Å². The van der Waals surface area contributed by atoms with Crippen LogP contribution < -0.4 is 5.32 Å². The lowest BCUT2D eigenvalue weighted by Crippen LogP contribution is -2.09. The molecule has 106 valence electrons. The van der Waals surface area contributed by atoms with Crippen molar-refractivity contribution < 1.29 is 4.79 Å². The molecule has 0 aliphatic carbocycles. The van der Waals surface area contributed by atoms with Gasteiger partial charge in [-0.1, -0.05) is 11.6 Å². The Bertz CT molecular complexity index is 611. The fraction of sp³-hybridized carbons (Fsp3) is 0.385. The van der Waals surface area contributed by atoms with Crippen molar-refractivity contribution >= 4 is 23.7 Å². The number of H-pyrrole nitrogens is 1. The number of aldehydes is 1. The Labute approximate surface area is 122 Å². The summed E-state index contributed by atoms with van der Waals surface area (Å²) < 4.78 is 0. The third-order valence-electron chi connectivity index (χ3n) is 2.98. The summed E-state index contributed by atoms with van der Waals surface area (Å²) in [5.74, 6) is 1.02. The minimum absolute atomic E-state index is 0.181. The molecule has 2 aromatic heterocycles. The zero-order valence-corrected chi connectivity index (χ0v) is 12.2. The lowest BCUT2D eigenvalue weighted by Gasteiger charge is -2.09. The molecule has 6 nitrogen and oxygen atoms in total. The summed E-state index contributed by atoms with van der Waals surface area (Å²) in [5.41, 5.74) is 2.58. The van der Waals surface area contributed by atoms with Crippen molar-refractivity contribution in [2.75, 3.05) is 11.9 Å². The molecule has 2 heterocycles. The minimum atomic E-state index is 0.181. The number of anilines is 1. The van der Waals surface area contributed by atoms with Crippen molar-refractivity contribution in [3.63, 3.8) is 0 Å². The van der Waals surface area contributed by atoms with E-state index in [1.54, 1.807) is 6.92 Å². The number of halogens is 1. The second-order valence-corrected chi connectivity index (χ2v) is 4.85. The van der Waals surface area contributed by atoms with Crippen LogP contribution in [-0.2, 0) is 6.42 Å². The van der Waals surface area contributed by atoms with Gasteiger partial charge in [0.1, 0.15) is 16.8 Å². The van der Waals surface area contributed by atoms with Gasteiger partial charge >= 0.3 is 0 Å². The Morgan fingerprint density at radius 1 is 1.40 bits per heavy atom. The number of rotatable bonds is 6. The van der Waals surface area contributed by atoms with Gasteiger partial charge in [0.2, 0.25) is 0 Å². The van der Waals surface area contributed by atoms with E-state index < -0.39 is 0 Å². The third kappa shape index (κ3) is 3.33. The van der Waals surface area contributed by atoms with Crippen LogP contribution in [0.4, 0.5) is 5.82 Å². The van der Waals surface area contributed by atoms with Gasteiger partial charge < -0.3 is 5.32 Å². The van der Waals surface area contributed by atoms with Crippen LogP contribution in [0.5, 0.6) is 0 Å². The second-order valence-electron chi connectivity index (χ2n) is 4.49. The highest BCUT2D eigenvalue weighted by Crippen LogP contribution is 2.19. The van der Waals surface area contributed by atoms with E-state index in [1.165, 1.54) is 5.56 Å². The summed E-state index contributed by atoms with van der Waals surface area (Å²) >= 11 is 5.91. The number of nitrogens with zero attached hydrogens (tertiary/aromatic N) is 3. The summed E-state index contributed by atoms with van der Waals surface area (Å²) in [4.78, 5) is 19.2. The summed E-state index contributed by atoms with van der Waals surface area (Å²) in [6.07, 6.45) is 4.31. The van der Waals surface area contributed by atoms with Crippen LogP contribution in [0.1, 0.15) is 33.9 Å². The smallest absolute Gasteiger partial charge is 0.156 e. The zero-order valence-electron chi connectivity index (χ0n) is 11.4. The van der Waals surface area contributed by atoms with Crippen molar-refractivity contribution in [2.24, 2.45) is 0 Å². The monoisotopic (exact) mass is 293 g/mol. The van der Waals surface area contributed by atoms with Gasteiger partial charge in [0.05, 0.1) is 11.8 Å². The predicted octanol–water partition coefficient (Wildman–Crippen LogP) is 2.33. The molecule has 2 aromatic rings. The van der Waals surface area contributed by atoms with E-state index in [4.69, 9.17) is 11.6 Å². The van der Waals surface area contributed by atoms with Gasteiger partial charge in [0.15, 0.2) is 6.29 Å². The Hall–Kier alpha value is -1.95. The maximum absolute atomic E-state index is 11.0. The average molecular weight is 294 g/mol. The van der Waals surface area contributed by atoms with Crippen LogP contribution in [0.25, 0.3) is 0 Å². The van der Waals surface area contributed by atoms with Gasteiger partial charge in [-0.15, -0.1) is 0 Å². The number of aryl methyl sites for hydroxylation is 3. The molecule has 0 amide bonds. The molecule has 0 fully saturated rings. The number of aromatic nitrogens is 4. The van der Waals surface area contributed by atoms with E-state index >= 15 is 0 Å². The number of carbonyl (C=O) groups is 1. The Balaban J connectivity index is 1.94. The molecule has 0 radical (unpaired) electrons. The first-order valence-corrected chi connectivity index (χ1v) is 6.71. The van der Waals surface area contributed by atoms with Gasteiger partial charge in [0, 0.05) is 12.2 Å². The average Bonchev–Trinajstić information content (AvgIpc) is 2.80. The second kappa shape index (κ2) is 6.47. The molecule has 2 N–H and O–H groups in total. The minimum Gasteiger partial charge on any atom is -0.369 e. The molecule has 2 rings (SSSR count). The van der Waals surface area contributed by atoms with E-state index in [-0.39, 0.29) is 5.15 Å². The van der Waals surface area contributed by atoms with Crippen LogP contribution in [0.2, 0.25) is 5.15 Å². The molecule has 0 aromatic carbocycles. The first-order chi connectivity index (χ1) is 9.61. The van der Waals surface area contributed by atoms with Gasteiger partial charge in [-0.2, -0.15) is 5.10 Å². The molecule has 0 atom stereocenters. The number of hydrogen-bond acceptors (Lipinski definition) is 5. The first kappa shape index (κ1) is 14.5. The Morgan fingerprint density at radius 3 is 2.85 bits per heavy atom. The molecule has 0 spiro atoms. The largest absolute Gasteiger partial charge is 0.369 e. The van der Waals surface area contributed by atoms with Crippen molar-refractivity contribution in [1.82, 2.24) is 20.2 Å². The molecule has 0 bridgehead atoms. The predicted molar refractivity (Wildman–Crippen MR) is 77.3 cm³/mol. The fourth-order valence-electron chi connectivity index (χ4n) is 1.90. The molecular weight excluding hydrogens is 278 g/mol. The number of hydrogen-bond donors (Lipinski definition) is 2. The summed E-state index contributed by atoms with van der Waals surface area (Å²) in [5, 5.41) is 10.2. The van der Waals surface area contributed by atoms with Gasteiger partial charge in [0.25, 0.3) is 0 Å². The van der Waals surface area contributed by atoms with Crippen molar-refractivity contribution in [3.8, 4) is 0 Å². The van der Waals surface area contributed by atoms with E-state index in [2.05, 4.69) is 25.5 Å². The van der Waals surface area contributed by atoms with E-state index in [0.29, 0.717) is 30.0 Å². The SMILES string of the molecule is Cc1nc(Cl)c(C=O)c(NCCCc2cn[nH]c2C)n1. The highest BCUT2D eigenvalue weighted by Gasteiger charge is 2.10. The Morgan fingerprint density at radius 2 is 2.20 bits per heavy atom. The summed E-state index contributed by atoms with van der Waals surface area (Å²) in [6, 6.07) is 0. The summed E-state index contributed by atoms with van der Waals surface area (Å²) in [7, 11) is 0. The maximum atomic E-state index is 11.0. The highest BCUT2D eigenvalue weighted by atomic mass is 35.5. The molecule has 0 saturated heterocycles. The lowest BCUT2D eigenvalue weighted by atomic mass is 10.1. The highest BCUT2D eigenvalue weighted by molar-refractivity contribution is 6.32.